The van der Waals surface area contributed by atoms with E-state index in [1.165, 1.54) is 28.0 Å². The summed E-state index contributed by atoms with van der Waals surface area (Å²) in [5.74, 6) is 1.68. The molecule has 2 aliphatic rings. The lowest BCUT2D eigenvalue weighted by Crippen LogP contribution is -2.49. The number of carbonyl (C=O) groups excluding carboxylic acids is 1. The summed E-state index contributed by atoms with van der Waals surface area (Å²) in [7, 11) is 0. The van der Waals surface area contributed by atoms with Crippen molar-refractivity contribution in [2.45, 2.75) is 26.2 Å². The molecule has 1 saturated carbocycles. The number of rotatable bonds is 4. The Labute approximate surface area is 185 Å². The predicted octanol–water partition coefficient (Wildman–Crippen LogP) is 4.34. The van der Waals surface area contributed by atoms with Crippen LogP contribution >= 0.6 is 11.3 Å². The number of anilines is 1. The molecule has 1 saturated heterocycles. The minimum absolute atomic E-state index is 0.0955. The lowest BCUT2D eigenvalue weighted by molar-refractivity contribution is -0.133. The quantitative estimate of drug-likeness (QED) is 0.613. The summed E-state index contributed by atoms with van der Waals surface area (Å²) >= 11 is 1.53. The Balaban J connectivity index is 1.23. The van der Waals surface area contributed by atoms with Crippen molar-refractivity contribution >= 4 is 23.1 Å². The Kier molecular flexibility index (Phi) is 5.03. The number of carbonyl (C=O) groups is 1. The Morgan fingerprint density at radius 1 is 1.19 bits per heavy atom. The van der Waals surface area contributed by atoms with E-state index < -0.39 is 0 Å². The number of thiophene rings is 1. The van der Waals surface area contributed by atoms with Crippen molar-refractivity contribution in [3.8, 4) is 16.8 Å². The molecule has 7 heteroatoms. The van der Waals surface area contributed by atoms with Crippen molar-refractivity contribution in [3.05, 3.63) is 58.1 Å². The van der Waals surface area contributed by atoms with Crippen LogP contribution in [0.25, 0.3) is 10.8 Å². The van der Waals surface area contributed by atoms with E-state index in [9.17, 15) is 10.1 Å². The number of hydrogen-bond acceptors (Lipinski definition) is 6. The normalized spacial score (nSPS) is 20.5. The van der Waals surface area contributed by atoms with Gasteiger partial charge in [-0.2, -0.15) is 10.2 Å². The van der Waals surface area contributed by atoms with Crippen LogP contribution in [0.4, 0.5) is 5.88 Å². The van der Waals surface area contributed by atoms with Gasteiger partial charge in [0.25, 0.3) is 0 Å². The molecule has 1 amide bonds. The molecule has 2 fully saturated rings. The molecular weight excluding hydrogens is 408 g/mol. The summed E-state index contributed by atoms with van der Waals surface area (Å²) in [5.41, 5.74) is 4.10. The average molecular weight is 433 g/mol. The van der Waals surface area contributed by atoms with Gasteiger partial charge in [-0.05, 0) is 43.2 Å². The van der Waals surface area contributed by atoms with E-state index in [2.05, 4.69) is 43.1 Å². The fraction of sp³-hybridized carbons (Fsp3) is 0.375. The zero-order valence-corrected chi connectivity index (χ0v) is 18.5. The Hall–Kier alpha value is -3.11. The van der Waals surface area contributed by atoms with Crippen LogP contribution in [0.3, 0.4) is 0 Å². The van der Waals surface area contributed by atoms with Crippen LogP contribution in [0, 0.1) is 31.1 Å². The molecule has 0 N–H and O–H groups in total. The highest BCUT2D eigenvalue weighted by Gasteiger charge is 2.46. The monoisotopic (exact) mass is 432 g/mol. The molecule has 3 heterocycles. The maximum atomic E-state index is 13.1. The van der Waals surface area contributed by atoms with E-state index in [4.69, 9.17) is 4.42 Å². The molecule has 2 aromatic heterocycles. The first-order valence-corrected chi connectivity index (χ1v) is 11.5. The summed E-state index contributed by atoms with van der Waals surface area (Å²) in [5, 5.41) is 11.5. The summed E-state index contributed by atoms with van der Waals surface area (Å²) in [6.45, 7) is 6.76. The third-order valence-electron chi connectivity index (χ3n) is 6.11. The third-order valence-corrected chi connectivity index (χ3v) is 6.96. The van der Waals surface area contributed by atoms with Crippen LogP contribution in [-0.2, 0) is 4.79 Å². The number of piperazine rings is 1. The van der Waals surface area contributed by atoms with Crippen molar-refractivity contribution in [1.29, 1.82) is 5.26 Å². The van der Waals surface area contributed by atoms with Gasteiger partial charge in [0, 0.05) is 32.1 Å². The third kappa shape index (κ3) is 3.84. The lowest BCUT2D eigenvalue weighted by atomic mass is 10.0. The fourth-order valence-electron chi connectivity index (χ4n) is 4.53. The maximum Gasteiger partial charge on any atom is 0.240 e. The molecule has 158 valence electrons. The zero-order valence-electron chi connectivity index (χ0n) is 17.7. The summed E-state index contributed by atoms with van der Waals surface area (Å²) in [6, 6.07) is 12.6. The first-order valence-electron chi connectivity index (χ1n) is 10.6. The first kappa shape index (κ1) is 19.8. The van der Waals surface area contributed by atoms with Gasteiger partial charge in [-0.15, -0.1) is 11.3 Å². The number of benzene rings is 1. The van der Waals surface area contributed by atoms with Gasteiger partial charge in [-0.1, -0.05) is 35.4 Å². The number of hydrogen-bond donors (Lipinski definition) is 0. The second-order valence-electron chi connectivity index (χ2n) is 8.44. The van der Waals surface area contributed by atoms with Gasteiger partial charge in [0.15, 0.2) is 0 Å². The minimum atomic E-state index is 0.0955. The largest absolute Gasteiger partial charge is 0.418 e. The van der Waals surface area contributed by atoms with Gasteiger partial charge in [0.2, 0.25) is 23.4 Å². The molecule has 1 aliphatic carbocycles. The minimum Gasteiger partial charge on any atom is -0.418 e. The molecule has 0 radical (unpaired) electrons. The van der Waals surface area contributed by atoms with Crippen molar-refractivity contribution in [1.82, 2.24) is 9.88 Å². The second-order valence-corrected chi connectivity index (χ2v) is 9.39. The Bertz CT molecular complexity index is 1130. The molecule has 2 unspecified atom stereocenters. The maximum absolute atomic E-state index is 13.1. The standard InChI is InChI=1S/C24H24N4O2S/c1-15-10-16(2)12-17(11-15)18-13-19(18)23(29)27-5-7-28(8-6-27)24-20(14-25)26-22(30-24)21-4-3-9-31-21/h3-4,9-12,18-19H,5-8,13H2,1-2H3. The van der Waals surface area contributed by atoms with Crippen LogP contribution in [-0.4, -0.2) is 42.0 Å². The van der Waals surface area contributed by atoms with Crippen molar-refractivity contribution < 1.29 is 9.21 Å². The predicted molar refractivity (Wildman–Crippen MR) is 120 cm³/mol. The highest BCUT2D eigenvalue weighted by Crippen LogP contribution is 2.49. The highest BCUT2D eigenvalue weighted by molar-refractivity contribution is 7.13. The Morgan fingerprint density at radius 2 is 1.94 bits per heavy atom. The molecule has 31 heavy (non-hydrogen) atoms. The molecule has 2 atom stereocenters. The van der Waals surface area contributed by atoms with Gasteiger partial charge in [0.1, 0.15) is 6.07 Å². The molecule has 1 aliphatic heterocycles. The number of amides is 1. The van der Waals surface area contributed by atoms with Gasteiger partial charge in [-0.25, -0.2) is 0 Å². The van der Waals surface area contributed by atoms with Crippen molar-refractivity contribution in [3.63, 3.8) is 0 Å². The van der Waals surface area contributed by atoms with Crippen LogP contribution in [0.15, 0.2) is 40.1 Å². The van der Waals surface area contributed by atoms with Crippen LogP contribution in [0.5, 0.6) is 0 Å². The van der Waals surface area contributed by atoms with Gasteiger partial charge < -0.3 is 14.2 Å². The van der Waals surface area contributed by atoms with E-state index in [0.717, 1.165) is 11.3 Å². The SMILES string of the molecule is Cc1cc(C)cc(C2CC2C(=O)N2CCN(c3oc(-c4cccs4)nc3C#N)CC2)c1. The van der Waals surface area contributed by atoms with E-state index in [0.29, 0.717) is 49.6 Å². The molecule has 0 bridgehead atoms. The molecule has 6 nitrogen and oxygen atoms in total. The first-order chi connectivity index (χ1) is 15.0. The van der Waals surface area contributed by atoms with E-state index >= 15 is 0 Å². The van der Waals surface area contributed by atoms with E-state index in [-0.39, 0.29) is 11.8 Å². The highest BCUT2D eigenvalue weighted by atomic mass is 32.1. The van der Waals surface area contributed by atoms with Crippen LogP contribution in [0.1, 0.15) is 34.7 Å². The molecule has 3 aromatic rings. The molecule has 5 rings (SSSR count). The van der Waals surface area contributed by atoms with Crippen LogP contribution < -0.4 is 4.90 Å². The summed E-state index contributed by atoms with van der Waals surface area (Å²) in [6.07, 6.45) is 0.937. The van der Waals surface area contributed by atoms with Crippen LogP contribution in [0.2, 0.25) is 0 Å². The zero-order chi connectivity index (χ0) is 21.5. The Morgan fingerprint density at radius 3 is 2.58 bits per heavy atom. The average Bonchev–Trinajstić information content (AvgIpc) is 3.17. The number of aryl methyl sites for hydroxylation is 2. The van der Waals surface area contributed by atoms with Crippen molar-refractivity contribution in [2.24, 2.45) is 5.92 Å². The van der Waals surface area contributed by atoms with E-state index in [1.807, 2.05) is 27.3 Å². The lowest BCUT2D eigenvalue weighted by Gasteiger charge is -2.34. The van der Waals surface area contributed by atoms with Crippen molar-refractivity contribution in [2.75, 3.05) is 31.1 Å². The number of aromatic nitrogens is 1. The van der Waals surface area contributed by atoms with Gasteiger partial charge >= 0.3 is 0 Å². The summed E-state index contributed by atoms with van der Waals surface area (Å²) < 4.78 is 5.94. The number of nitrogens with zero attached hydrogens (tertiary/aromatic N) is 4. The second kappa shape index (κ2) is 7.86. The molecular formula is C24H24N4O2S. The smallest absolute Gasteiger partial charge is 0.240 e. The fourth-order valence-corrected chi connectivity index (χ4v) is 5.18. The number of nitriles is 1. The van der Waals surface area contributed by atoms with E-state index in [1.54, 1.807) is 0 Å². The summed E-state index contributed by atoms with van der Waals surface area (Å²) in [4.78, 5) is 22.3. The van der Waals surface area contributed by atoms with Gasteiger partial charge in [-0.3, -0.25) is 4.79 Å². The van der Waals surface area contributed by atoms with Gasteiger partial charge in [0.05, 0.1) is 4.88 Å². The number of oxazole rings is 1. The molecule has 0 spiro atoms. The topological polar surface area (TPSA) is 73.4 Å². The molecule has 1 aromatic carbocycles.